The average Bonchev–Trinajstić information content (AvgIpc) is 2.89. The first-order valence-electron chi connectivity index (χ1n) is 13.8. The summed E-state index contributed by atoms with van der Waals surface area (Å²) in [6.07, 6.45) is 21.0. The molecule has 0 rings (SSSR count). The van der Waals surface area contributed by atoms with E-state index >= 15 is 0 Å². The molecule has 0 aliphatic heterocycles. The minimum atomic E-state index is -1.09. The van der Waals surface area contributed by atoms with Crippen molar-refractivity contribution in [1.29, 1.82) is 0 Å². The minimum absolute atomic E-state index is 0.205. The van der Waals surface area contributed by atoms with E-state index in [1.165, 1.54) is 77.0 Å². The van der Waals surface area contributed by atoms with Crippen LogP contribution in [0.2, 0.25) is 0 Å². The van der Waals surface area contributed by atoms with Gasteiger partial charge < -0.3 is 28.4 Å². The largest absolute Gasteiger partial charge is 0.373 e. The third kappa shape index (κ3) is 16.8. The Balaban J connectivity index is 0. The summed E-state index contributed by atoms with van der Waals surface area (Å²) in [6, 6.07) is 0. The van der Waals surface area contributed by atoms with Crippen LogP contribution in [0.25, 0.3) is 0 Å². The van der Waals surface area contributed by atoms with Crippen LogP contribution in [0.5, 0.6) is 0 Å². The van der Waals surface area contributed by atoms with Crippen molar-refractivity contribution in [1.82, 2.24) is 0 Å². The van der Waals surface area contributed by atoms with Crippen LogP contribution < -0.4 is 0 Å². The summed E-state index contributed by atoms with van der Waals surface area (Å²) in [7, 11) is 9.80. The second-order valence-electron chi connectivity index (χ2n) is 9.18. The third-order valence-corrected chi connectivity index (χ3v) is 6.71. The molecule has 0 spiro atoms. The number of methoxy groups -OCH3 is 6. The van der Waals surface area contributed by atoms with Crippen molar-refractivity contribution in [3.63, 3.8) is 0 Å². The Morgan fingerprint density at radius 1 is 0.600 bits per heavy atom. The van der Waals surface area contributed by atoms with Crippen LogP contribution in [0.1, 0.15) is 117 Å². The summed E-state index contributed by atoms with van der Waals surface area (Å²) in [6.45, 7) is 8.24. The number of unbranched alkanes of at least 4 members (excludes halogenated alkanes) is 11. The van der Waals surface area contributed by atoms with Crippen LogP contribution in [0, 0.1) is 0 Å². The molecule has 0 aliphatic carbocycles. The molecule has 0 N–H and O–H groups in total. The highest BCUT2D eigenvalue weighted by atomic mass is 16.9. The van der Waals surface area contributed by atoms with E-state index in [9.17, 15) is 0 Å². The van der Waals surface area contributed by atoms with Crippen LogP contribution >= 0.6 is 0 Å². The lowest BCUT2D eigenvalue weighted by molar-refractivity contribution is -0.391. The van der Waals surface area contributed by atoms with Crippen molar-refractivity contribution in [2.45, 2.75) is 134 Å². The van der Waals surface area contributed by atoms with Gasteiger partial charge in [0.05, 0.1) is 0 Å². The van der Waals surface area contributed by atoms with E-state index in [1.54, 1.807) is 42.7 Å². The molecule has 0 heterocycles. The fourth-order valence-electron chi connectivity index (χ4n) is 4.32. The van der Waals surface area contributed by atoms with Crippen molar-refractivity contribution >= 4 is 0 Å². The normalized spacial score (nSPS) is 12.8. The van der Waals surface area contributed by atoms with Gasteiger partial charge in [0.15, 0.2) is 5.79 Å². The maximum absolute atomic E-state index is 5.48. The van der Waals surface area contributed by atoms with Gasteiger partial charge >= 0.3 is 5.97 Å². The summed E-state index contributed by atoms with van der Waals surface area (Å²) in [5.41, 5.74) is 0. The Morgan fingerprint density at radius 2 is 1.03 bits per heavy atom. The van der Waals surface area contributed by atoms with Crippen molar-refractivity contribution in [3.8, 4) is 0 Å². The quantitative estimate of drug-likeness (QED) is 0.0753. The van der Waals surface area contributed by atoms with E-state index in [1.807, 2.05) is 6.08 Å². The molecule has 0 amide bonds. The summed E-state index contributed by atoms with van der Waals surface area (Å²) in [5.74, 6) is -1.52. The lowest BCUT2D eigenvalue weighted by atomic mass is 10.0. The van der Waals surface area contributed by atoms with Gasteiger partial charge in [-0.25, -0.2) is 0 Å². The molecule has 0 saturated heterocycles. The number of rotatable bonds is 24. The maximum atomic E-state index is 5.48. The van der Waals surface area contributed by atoms with Crippen LogP contribution in [0.15, 0.2) is 12.7 Å². The predicted octanol–water partition coefficient (Wildman–Crippen LogP) is 8.04. The molecular weight excluding hydrogens is 444 g/mol. The van der Waals surface area contributed by atoms with Crippen molar-refractivity contribution in [2.75, 3.05) is 42.7 Å². The first-order chi connectivity index (χ1) is 16.9. The van der Waals surface area contributed by atoms with Gasteiger partial charge in [-0.3, -0.25) is 0 Å². The predicted molar refractivity (Wildman–Crippen MR) is 147 cm³/mol. The molecule has 6 heteroatoms. The smallest absolute Gasteiger partial charge is 0.310 e. The highest BCUT2D eigenvalue weighted by Crippen LogP contribution is 2.26. The Bertz CT molecular complexity index is 427. The van der Waals surface area contributed by atoms with E-state index in [-0.39, 0.29) is 6.10 Å². The molecule has 0 aromatic rings. The first kappa shape index (κ1) is 36.7. The van der Waals surface area contributed by atoms with Crippen molar-refractivity contribution in [2.24, 2.45) is 0 Å². The molecule has 1 atom stereocenters. The Morgan fingerprint density at radius 3 is 1.40 bits per heavy atom. The van der Waals surface area contributed by atoms with Gasteiger partial charge in [-0.2, -0.15) is 0 Å². The summed E-state index contributed by atoms with van der Waals surface area (Å²) in [5, 5.41) is 0. The van der Waals surface area contributed by atoms with Crippen LogP contribution in [-0.2, 0) is 28.4 Å². The number of ether oxygens (including phenoxy) is 6. The average molecular weight is 505 g/mol. The molecule has 0 fully saturated rings. The van der Waals surface area contributed by atoms with Gasteiger partial charge in [0.2, 0.25) is 0 Å². The Labute approximate surface area is 218 Å². The molecule has 0 aliphatic rings. The van der Waals surface area contributed by atoms with Gasteiger partial charge in [-0.05, 0) is 12.8 Å². The van der Waals surface area contributed by atoms with E-state index in [2.05, 4.69) is 20.4 Å². The van der Waals surface area contributed by atoms with Gasteiger partial charge in [-0.15, -0.1) is 6.58 Å². The first-order valence-corrected chi connectivity index (χ1v) is 13.8. The van der Waals surface area contributed by atoms with Crippen molar-refractivity contribution in [3.05, 3.63) is 12.7 Å². The molecule has 1 unspecified atom stereocenters. The fraction of sp³-hybridized carbons (Fsp3) is 0.931. The molecule has 6 nitrogen and oxygen atoms in total. The highest BCUT2D eigenvalue weighted by molar-refractivity contribution is 4.80. The molecule has 35 heavy (non-hydrogen) atoms. The van der Waals surface area contributed by atoms with E-state index in [0.29, 0.717) is 0 Å². The molecular formula is C29H60O6. The molecule has 0 bridgehead atoms. The minimum Gasteiger partial charge on any atom is -0.373 e. The summed E-state index contributed by atoms with van der Waals surface area (Å²) in [4.78, 5) is 0. The van der Waals surface area contributed by atoms with Gasteiger partial charge in [-0.1, -0.05) is 97.0 Å². The van der Waals surface area contributed by atoms with E-state index < -0.39 is 11.8 Å². The van der Waals surface area contributed by atoms with Crippen LogP contribution in [-0.4, -0.2) is 60.5 Å². The zero-order valence-electron chi connectivity index (χ0n) is 24.6. The second-order valence-corrected chi connectivity index (χ2v) is 9.18. The van der Waals surface area contributed by atoms with Crippen LogP contribution in [0.3, 0.4) is 0 Å². The second kappa shape index (κ2) is 25.2. The monoisotopic (exact) mass is 504 g/mol. The molecule has 0 radical (unpaired) electrons. The zero-order chi connectivity index (χ0) is 26.8. The van der Waals surface area contributed by atoms with Crippen LogP contribution in [0.4, 0.5) is 0 Å². The van der Waals surface area contributed by atoms with E-state index in [0.717, 1.165) is 25.7 Å². The van der Waals surface area contributed by atoms with Gasteiger partial charge in [0, 0.05) is 55.5 Å². The van der Waals surface area contributed by atoms with E-state index in [4.69, 9.17) is 28.4 Å². The molecule has 212 valence electrons. The van der Waals surface area contributed by atoms with Gasteiger partial charge in [0.1, 0.15) is 6.10 Å². The van der Waals surface area contributed by atoms with Crippen molar-refractivity contribution < 1.29 is 28.4 Å². The molecule has 0 aromatic heterocycles. The fourth-order valence-corrected chi connectivity index (χ4v) is 4.32. The Hall–Kier alpha value is -0.500. The summed E-state index contributed by atoms with van der Waals surface area (Å²) >= 11 is 0. The summed E-state index contributed by atoms with van der Waals surface area (Å²) < 4.78 is 32.3. The lowest BCUT2D eigenvalue weighted by Gasteiger charge is -2.35. The highest BCUT2D eigenvalue weighted by Gasteiger charge is 2.40. The SMILES string of the molecule is C=CCC(CCCCCCCCC)(OC)OC.CCCCCCCCC(OC)C(OC)(OC)OC. The number of hydrogen-bond acceptors (Lipinski definition) is 6. The Kier molecular flexibility index (Phi) is 26.4. The number of hydrogen-bond donors (Lipinski definition) is 0. The third-order valence-electron chi connectivity index (χ3n) is 6.71. The van der Waals surface area contributed by atoms with Gasteiger partial charge in [0.25, 0.3) is 0 Å². The maximum Gasteiger partial charge on any atom is 0.310 e. The zero-order valence-corrected chi connectivity index (χ0v) is 24.6. The standard InChI is InChI=1S/C15H30O2.C14H30O4/c1-5-7-8-9-10-11-12-14-15(16-3,17-4)13-6-2;1-6-7-8-9-10-11-12-13(15-2)14(16-3,17-4)18-5/h6H,2,5,7-14H2,1,3-4H3;13H,6-12H2,1-5H3. The molecule has 0 aromatic carbocycles. The lowest BCUT2D eigenvalue weighted by Crippen LogP contribution is -2.48. The molecule has 0 saturated carbocycles. The topological polar surface area (TPSA) is 55.4 Å².